The number of nitrogens with one attached hydrogen (secondary N) is 1. The van der Waals surface area contributed by atoms with Gasteiger partial charge in [0, 0.05) is 0 Å². The zero-order valence-corrected chi connectivity index (χ0v) is 11.1. The average Bonchev–Trinajstić information content (AvgIpc) is 2.45. The molecule has 0 radical (unpaired) electrons. The molecule has 0 saturated carbocycles. The lowest BCUT2D eigenvalue weighted by Crippen LogP contribution is -2.48. The van der Waals surface area contributed by atoms with Crippen molar-refractivity contribution >= 4 is 11.9 Å². The van der Waals surface area contributed by atoms with Crippen molar-refractivity contribution in [1.82, 2.24) is 5.32 Å². The molecule has 0 aliphatic rings. The molecule has 1 aromatic carbocycles. The number of rotatable bonds is 6. The third kappa shape index (κ3) is 4.51. The second kappa shape index (κ2) is 7.44. The minimum absolute atomic E-state index is 0.313. The van der Waals surface area contributed by atoms with E-state index in [-0.39, 0.29) is 0 Å². The molecular weight excluding hydrogens is 269 g/mol. The number of esters is 1. The maximum Gasteiger partial charge on any atom is 0.330 e. The largest absolute Gasteiger partial charge is 0.481 e. The molecule has 7 heteroatoms. The monoisotopic (exact) mass is 285 g/mol. The molecule has 0 bridgehead atoms. The smallest absolute Gasteiger partial charge is 0.330 e. The molecule has 6 nitrogen and oxygen atoms in total. The SMILES string of the molecule is COC(=O)C(CO)NC(=O)C(C)Oc1ccc(F)cc1. The summed E-state index contributed by atoms with van der Waals surface area (Å²) < 4.78 is 22.4. The molecule has 2 N–H and O–H groups in total. The third-order valence-electron chi connectivity index (χ3n) is 2.48. The van der Waals surface area contributed by atoms with Crippen molar-refractivity contribution in [3.63, 3.8) is 0 Å². The van der Waals surface area contributed by atoms with E-state index >= 15 is 0 Å². The van der Waals surface area contributed by atoms with Crippen molar-refractivity contribution in [2.24, 2.45) is 0 Å². The first-order chi connectivity index (χ1) is 9.47. The molecule has 20 heavy (non-hydrogen) atoms. The van der Waals surface area contributed by atoms with Gasteiger partial charge < -0.3 is 19.9 Å². The van der Waals surface area contributed by atoms with Gasteiger partial charge in [0.05, 0.1) is 13.7 Å². The Morgan fingerprint density at radius 1 is 1.35 bits per heavy atom. The van der Waals surface area contributed by atoms with E-state index in [1.165, 1.54) is 31.2 Å². The van der Waals surface area contributed by atoms with E-state index in [1.54, 1.807) is 0 Å². The van der Waals surface area contributed by atoms with E-state index < -0.39 is 36.4 Å². The molecule has 0 spiro atoms. The number of aliphatic hydroxyl groups is 1. The van der Waals surface area contributed by atoms with Crippen LogP contribution in [0.5, 0.6) is 5.75 Å². The Bertz CT molecular complexity index is 462. The second-order valence-corrected chi connectivity index (χ2v) is 3.98. The number of ether oxygens (including phenoxy) is 2. The number of carbonyl (C=O) groups is 2. The number of amides is 1. The molecule has 0 aliphatic heterocycles. The van der Waals surface area contributed by atoms with Crippen LogP contribution >= 0.6 is 0 Å². The van der Waals surface area contributed by atoms with E-state index in [9.17, 15) is 14.0 Å². The van der Waals surface area contributed by atoms with Gasteiger partial charge in [-0.3, -0.25) is 4.79 Å². The summed E-state index contributed by atoms with van der Waals surface area (Å²) >= 11 is 0. The Labute approximate surface area is 115 Å². The quantitative estimate of drug-likeness (QED) is 0.732. The summed E-state index contributed by atoms with van der Waals surface area (Å²) in [5.41, 5.74) is 0. The topological polar surface area (TPSA) is 84.9 Å². The Balaban J connectivity index is 2.58. The van der Waals surface area contributed by atoms with Crippen LogP contribution in [0.1, 0.15) is 6.92 Å². The predicted molar refractivity (Wildman–Crippen MR) is 67.5 cm³/mol. The molecule has 0 heterocycles. The van der Waals surface area contributed by atoms with Crippen LogP contribution in [0.3, 0.4) is 0 Å². The zero-order valence-electron chi connectivity index (χ0n) is 11.1. The number of hydrogen-bond donors (Lipinski definition) is 2. The fourth-order valence-electron chi connectivity index (χ4n) is 1.38. The minimum atomic E-state index is -1.15. The van der Waals surface area contributed by atoms with Gasteiger partial charge in [0.2, 0.25) is 0 Å². The van der Waals surface area contributed by atoms with Crippen LogP contribution in [0.25, 0.3) is 0 Å². The Hall–Kier alpha value is -2.15. The highest BCUT2D eigenvalue weighted by molar-refractivity contribution is 5.86. The van der Waals surface area contributed by atoms with Crippen LogP contribution in [-0.2, 0) is 14.3 Å². The van der Waals surface area contributed by atoms with Crippen molar-refractivity contribution in [2.75, 3.05) is 13.7 Å². The summed E-state index contributed by atoms with van der Waals surface area (Å²) in [6.07, 6.45) is -0.917. The molecule has 1 amide bonds. The Kier molecular flexibility index (Phi) is 5.92. The van der Waals surface area contributed by atoms with Gasteiger partial charge >= 0.3 is 5.97 Å². The minimum Gasteiger partial charge on any atom is -0.481 e. The molecule has 1 aromatic rings. The first-order valence-electron chi connectivity index (χ1n) is 5.89. The Morgan fingerprint density at radius 2 is 1.95 bits per heavy atom. The van der Waals surface area contributed by atoms with Gasteiger partial charge in [-0.25, -0.2) is 9.18 Å². The maximum absolute atomic E-state index is 12.7. The molecule has 1 rings (SSSR count). The zero-order chi connectivity index (χ0) is 15.1. The van der Waals surface area contributed by atoms with Crippen molar-refractivity contribution in [3.05, 3.63) is 30.1 Å². The van der Waals surface area contributed by atoms with E-state index in [1.807, 2.05) is 0 Å². The molecule has 0 saturated heterocycles. The average molecular weight is 285 g/mol. The van der Waals surface area contributed by atoms with Gasteiger partial charge in [-0.1, -0.05) is 0 Å². The van der Waals surface area contributed by atoms with Crippen molar-refractivity contribution in [2.45, 2.75) is 19.1 Å². The van der Waals surface area contributed by atoms with E-state index in [0.717, 1.165) is 7.11 Å². The van der Waals surface area contributed by atoms with E-state index in [2.05, 4.69) is 10.1 Å². The van der Waals surface area contributed by atoms with Crippen LogP contribution in [-0.4, -0.2) is 42.8 Å². The summed E-state index contributed by atoms with van der Waals surface area (Å²) in [6.45, 7) is 0.881. The highest BCUT2D eigenvalue weighted by atomic mass is 19.1. The van der Waals surface area contributed by atoms with Crippen LogP contribution < -0.4 is 10.1 Å². The van der Waals surface area contributed by atoms with E-state index in [4.69, 9.17) is 9.84 Å². The molecule has 2 atom stereocenters. The molecule has 2 unspecified atom stereocenters. The summed E-state index contributed by atoms with van der Waals surface area (Å²) in [5, 5.41) is 11.3. The fraction of sp³-hybridized carbons (Fsp3) is 0.385. The van der Waals surface area contributed by atoms with Gasteiger partial charge in [0.25, 0.3) is 5.91 Å². The highest BCUT2D eigenvalue weighted by Crippen LogP contribution is 2.13. The first-order valence-corrected chi connectivity index (χ1v) is 5.89. The summed E-state index contributed by atoms with van der Waals surface area (Å²) in [6, 6.07) is 4.01. The number of benzene rings is 1. The van der Waals surface area contributed by atoms with Gasteiger partial charge in [-0.2, -0.15) is 0 Å². The number of hydrogen-bond acceptors (Lipinski definition) is 5. The molecule has 110 valence electrons. The molecule has 0 aromatic heterocycles. The fourth-order valence-corrected chi connectivity index (χ4v) is 1.38. The summed E-state index contributed by atoms with van der Waals surface area (Å²) in [4.78, 5) is 23.0. The lowest BCUT2D eigenvalue weighted by Gasteiger charge is -2.18. The number of methoxy groups -OCH3 is 1. The van der Waals surface area contributed by atoms with Crippen molar-refractivity contribution < 1.29 is 28.6 Å². The summed E-state index contributed by atoms with van der Waals surface area (Å²) in [7, 11) is 1.15. The second-order valence-electron chi connectivity index (χ2n) is 3.98. The summed E-state index contributed by atoms with van der Waals surface area (Å²) in [5.74, 6) is -1.46. The predicted octanol–water partition coefficient (Wildman–Crippen LogP) is 0.243. The van der Waals surface area contributed by atoms with Crippen molar-refractivity contribution in [3.8, 4) is 5.75 Å². The van der Waals surface area contributed by atoms with Gasteiger partial charge in [-0.05, 0) is 31.2 Å². The number of halogens is 1. The van der Waals surface area contributed by atoms with Crippen LogP contribution in [0.15, 0.2) is 24.3 Å². The normalized spacial score (nSPS) is 13.2. The molecule has 0 fully saturated rings. The maximum atomic E-state index is 12.7. The van der Waals surface area contributed by atoms with Crippen LogP contribution in [0.4, 0.5) is 4.39 Å². The number of aliphatic hydroxyl groups excluding tert-OH is 1. The van der Waals surface area contributed by atoms with Crippen molar-refractivity contribution in [1.29, 1.82) is 0 Å². The van der Waals surface area contributed by atoms with Gasteiger partial charge in [0.1, 0.15) is 11.6 Å². The van der Waals surface area contributed by atoms with Crippen LogP contribution in [0.2, 0.25) is 0 Å². The molecular formula is C13H16FNO5. The third-order valence-corrected chi connectivity index (χ3v) is 2.48. The lowest BCUT2D eigenvalue weighted by atomic mass is 10.2. The first kappa shape index (κ1) is 15.9. The standard InChI is InChI=1S/C13H16FNO5/c1-8(20-10-5-3-9(14)4-6-10)12(17)15-11(7-16)13(18)19-2/h3-6,8,11,16H,7H2,1-2H3,(H,15,17). The lowest BCUT2D eigenvalue weighted by molar-refractivity contribution is -0.147. The Morgan fingerprint density at radius 3 is 2.45 bits per heavy atom. The van der Waals surface area contributed by atoms with Gasteiger partial charge in [-0.15, -0.1) is 0 Å². The molecule has 0 aliphatic carbocycles. The van der Waals surface area contributed by atoms with E-state index in [0.29, 0.717) is 5.75 Å². The highest BCUT2D eigenvalue weighted by Gasteiger charge is 2.24. The van der Waals surface area contributed by atoms with Gasteiger partial charge in [0.15, 0.2) is 12.1 Å². The number of carbonyl (C=O) groups excluding carboxylic acids is 2. The van der Waals surface area contributed by atoms with Crippen LogP contribution in [0, 0.1) is 5.82 Å².